The molecule has 1 saturated carbocycles. The van der Waals surface area contributed by atoms with Crippen LogP contribution in [0.15, 0.2) is 0 Å². The molecule has 1 saturated heterocycles. The molecule has 2 heterocycles. The number of likely N-dealkylation sites (tertiary alicyclic amines) is 1. The highest BCUT2D eigenvalue weighted by Gasteiger charge is 2.45. The lowest BCUT2D eigenvalue weighted by Gasteiger charge is -2.24. The molecular formula is C15H25N5O. The van der Waals surface area contributed by atoms with Crippen LogP contribution in [0.25, 0.3) is 0 Å². The van der Waals surface area contributed by atoms with Gasteiger partial charge in [-0.3, -0.25) is 5.10 Å². The highest BCUT2D eigenvalue weighted by atomic mass is 16.2. The van der Waals surface area contributed by atoms with Gasteiger partial charge in [-0.2, -0.15) is 5.10 Å². The Morgan fingerprint density at radius 1 is 1.43 bits per heavy atom. The number of aromatic nitrogens is 3. The molecule has 2 amide bonds. The summed E-state index contributed by atoms with van der Waals surface area (Å²) in [5.41, 5.74) is 0. The molecule has 21 heavy (non-hydrogen) atoms. The number of H-pyrrole nitrogens is 1. The minimum absolute atomic E-state index is 0.154. The molecule has 2 fully saturated rings. The first kappa shape index (κ1) is 14.4. The topological polar surface area (TPSA) is 65.1 Å². The maximum absolute atomic E-state index is 12.5. The summed E-state index contributed by atoms with van der Waals surface area (Å²) in [5, 5.41) is 7.22. The monoisotopic (exact) mass is 291 g/mol. The molecular weight excluding hydrogens is 266 g/mol. The van der Waals surface area contributed by atoms with Crippen LogP contribution in [0, 0.1) is 18.8 Å². The molecule has 1 aliphatic carbocycles. The van der Waals surface area contributed by atoms with E-state index in [2.05, 4.69) is 22.1 Å². The van der Waals surface area contributed by atoms with Gasteiger partial charge < -0.3 is 9.80 Å². The zero-order valence-electron chi connectivity index (χ0n) is 13.2. The molecule has 0 spiro atoms. The number of aromatic amines is 1. The van der Waals surface area contributed by atoms with E-state index in [9.17, 15) is 4.79 Å². The molecule has 2 aliphatic rings. The van der Waals surface area contributed by atoms with Gasteiger partial charge in [0.1, 0.15) is 11.6 Å². The molecule has 0 aromatic carbocycles. The van der Waals surface area contributed by atoms with Gasteiger partial charge in [-0.25, -0.2) is 9.78 Å². The highest BCUT2D eigenvalue weighted by molar-refractivity contribution is 5.74. The van der Waals surface area contributed by atoms with E-state index in [0.717, 1.165) is 43.6 Å². The SMILES string of the molecule is CCCN(C)C(=O)N1C[C@@H](c2nc(C)n[nH]2)[C@H](C2CC2)C1. The van der Waals surface area contributed by atoms with Gasteiger partial charge in [-0.1, -0.05) is 6.92 Å². The second-order valence-electron chi connectivity index (χ2n) is 6.48. The maximum atomic E-state index is 12.5. The number of hydrogen-bond acceptors (Lipinski definition) is 3. The molecule has 2 atom stereocenters. The Kier molecular flexibility index (Phi) is 3.87. The molecule has 116 valence electrons. The fourth-order valence-corrected chi connectivity index (χ4v) is 3.48. The molecule has 1 aliphatic heterocycles. The Labute approximate surface area is 125 Å². The van der Waals surface area contributed by atoms with Gasteiger partial charge in [0.2, 0.25) is 0 Å². The van der Waals surface area contributed by atoms with Crippen LogP contribution in [0.3, 0.4) is 0 Å². The number of rotatable bonds is 4. The van der Waals surface area contributed by atoms with Crippen LogP contribution in [0.4, 0.5) is 4.79 Å². The Morgan fingerprint density at radius 2 is 2.19 bits per heavy atom. The lowest BCUT2D eigenvalue weighted by atomic mass is 9.91. The minimum atomic E-state index is 0.154. The first-order valence-electron chi connectivity index (χ1n) is 7.99. The molecule has 0 bridgehead atoms. The normalized spacial score (nSPS) is 25.4. The van der Waals surface area contributed by atoms with Crippen molar-refractivity contribution in [3.8, 4) is 0 Å². The van der Waals surface area contributed by atoms with E-state index in [1.54, 1.807) is 0 Å². The van der Waals surface area contributed by atoms with Gasteiger partial charge in [-0.05, 0) is 38.0 Å². The van der Waals surface area contributed by atoms with Crippen molar-refractivity contribution in [3.05, 3.63) is 11.6 Å². The van der Waals surface area contributed by atoms with E-state index in [4.69, 9.17) is 0 Å². The molecule has 1 aromatic heterocycles. The summed E-state index contributed by atoms with van der Waals surface area (Å²) >= 11 is 0. The van der Waals surface area contributed by atoms with Gasteiger partial charge in [0.25, 0.3) is 0 Å². The van der Waals surface area contributed by atoms with Crippen molar-refractivity contribution < 1.29 is 4.79 Å². The van der Waals surface area contributed by atoms with Gasteiger partial charge in [0.15, 0.2) is 0 Å². The molecule has 0 unspecified atom stereocenters. The fourth-order valence-electron chi connectivity index (χ4n) is 3.48. The van der Waals surface area contributed by atoms with Crippen LogP contribution in [-0.2, 0) is 0 Å². The summed E-state index contributed by atoms with van der Waals surface area (Å²) in [7, 11) is 1.89. The number of nitrogens with one attached hydrogen (secondary N) is 1. The van der Waals surface area contributed by atoms with Crippen LogP contribution in [0.5, 0.6) is 0 Å². The Bertz CT molecular complexity index is 510. The first-order valence-corrected chi connectivity index (χ1v) is 7.99. The van der Waals surface area contributed by atoms with E-state index in [1.807, 2.05) is 23.8 Å². The lowest BCUT2D eigenvalue weighted by molar-refractivity contribution is 0.171. The van der Waals surface area contributed by atoms with E-state index < -0.39 is 0 Å². The first-order chi connectivity index (χ1) is 10.1. The number of aryl methyl sites for hydroxylation is 1. The predicted octanol–water partition coefficient (Wildman–Crippen LogP) is 2.00. The number of amides is 2. The van der Waals surface area contributed by atoms with Crippen LogP contribution in [-0.4, -0.2) is 57.7 Å². The smallest absolute Gasteiger partial charge is 0.319 e. The molecule has 6 heteroatoms. The lowest BCUT2D eigenvalue weighted by Crippen LogP contribution is -2.40. The quantitative estimate of drug-likeness (QED) is 0.922. The largest absolute Gasteiger partial charge is 0.328 e. The van der Waals surface area contributed by atoms with Gasteiger partial charge >= 0.3 is 6.03 Å². The minimum Gasteiger partial charge on any atom is -0.328 e. The van der Waals surface area contributed by atoms with Gasteiger partial charge in [-0.15, -0.1) is 0 Å². The van der Waals surface area contributed by atoms with Crippen LogP contribution in [0.2, 0.25) is 0 Å². The average molecular weight is 291 g/mol. The Hall–Kier alpha value is -1.59. The summed E-state index contributed by atoms with van der Waals surface area (Å²) in [4.78, 5) is 20.9. The van der Waals surface area contributed by atoms with E-state index in [1.165, 1.54) is 12.8 Å². The van der Waals surface area contributed by atoms with E-state index in [0.29, 0.717) is 11.8 Å². The molecule has 6 nitrogen and oxygen atoms in total. The zero-order chi connectivity index (χ0) is 15.0. The highest BCUT2D eigenvalue weighted by Crippen LogP contribution is 2.47. The molecule has 1 N–H and O–H groups in total. The standard InChI is InChI=1S/C15H25N5O/c1-4-7-19(3)15(21)20-8-12(11-5-6-11)13(9-20)14-16-10(2)17-18-14/h11-13H,4-9H2,1-3H3,(H,16,17,18)/t12-,13+/m0/s1. The Balaban J connectivity index is 1.73. The summed E-state index contributed by atoms with van der Waals surface area (Å²) in [6.45, 7) is 6.44. The molecule has 1 aromatic rings. The van der Waals surface area contributed by atoms with Crippen molar-refractivity contribution in [2.24, 2.45) is 11.8 Å². The third-order valence-electron chi connectivity index (χ3n) is 4.71. The van der Waals surface area contributed by atoms with Crippen LogP contribution >= 0.6 is 0 Å². The number of carbonyl (C=O) groups is 1. The summed E-state index contributed by atoms with van der Waals surface area (Å²) in [5.74, 6) is 3.36. The van der Waals surface area contributed by atoms with E-state index >= 15 is 0 Å². The molecule has 3 rings (SSSR count). The van der Waals surface area contributed by atoms with Crippen LogP contribution in [0.1, 0.15) is 43.8 Å². The third kappa shape index (κ3) is 2.89. The third-order valence-corrected chi connectivity index (χ3v) is 4.71. The zero-order valence-corrected chi connectivity index (χ0v) is 13.2. The molecule has 0 radical (unpaired) electrons. The van der Waals surface area contributed by atoms with Crippen molar-refractivity contribution in [2.45, 2.75) is 39.0 Å². The number of urea groups is 1. The summed E-state index contributed by atoms with van der Waals surface area (Å²) in [6, 6.07) is 0.154. The number of hydrogen-bond donors (Lipinski definition) is 1. The Morgan fingerprint density at radius 3 is 2.76 bits per heavy atom. The van der Waals surface area contributed by atoms with Crippen molar-refractivity contribution >= 4 is 6.03 Å². The van der Waals surface area contributed by atoms with Crippen molar-refractivity contribution in [1.82, 2.24) is 25.0 Å². The summed E-state index contributed by atoms with van der Waals surface area (Å²) < 4.78 is 0. The second kappa shape index (κ2) is 5.66. The van der Waals surface area contributed by atoms with Crippen molar-refractivity contribution in [1.29, 1.82) is 0 Å². The van der Waals surface area contributed by atoms with Gasteiger partial charge in [0, 0.05) is 32.6 Å². The van der Waals surface area contributed by atoms with E-state index in [-0.39, 0.29) is 6.03 Å². The fraction of sp³-hybridized carbons (Fsp3) is 0.800. The average Bonchev–Trinajstić information content (AvgIpc) is 3.06. The predicted molar refractivity (Wildman–Crippen MR) is 80.0 cm³/mol. The number of carbonyl (C=O) groups excluding carboxylic acids is 1. The van der Waals surface area contributed by atoms with Crippen LogP contribution < -0.4 is 0 Å². The second-order valence-corrected chi connectivity index (χ2v) is 6.48. The maximum Gasteiger partial charge on any atom is 0.319 e. The summed E-state index contributed by atoms with van der Waals surface area (Å²) in [6.07, 6.45) is 3.58. The van der Waals surface area contributed by atoms with Gasteiger partial charge in [0.05, 0.1) is 0 Å². The number of nitrogens with zero attached hydrogens (tertiary/aromatic N) is 4. The van der Waals surface area contributed by atoms with Crippen molar-refractivity contribution in [3.63, 3.8) is 0 Å². The van der Waals surface area contributed by atoms with Crippen molar-refractivity contribution in [2.75, 3.05) is 26.7 Å².